The van der Waals surface area contributed by atoms with Gasteiger partial charge in [-0.15, -0.1) is 0 Å². The van der Waals surface area contributed by atoms with Crippen LogP contribution in [0.1, 0.15) is 31.2 Å². The van der Waals surface area contributed by atoms with Gasteiger partial charge in [0.05, 0.1) is 11.3 Å². The number of carboxylic acids is 1. The minimum absolute atomic E-state index is 0.0378. The van der Waals surface area contributed by atoms with Gasteiger partial charge in [0.2, 0.25) is 0 Å². The third-order valence-corrected chi connectivity index (χ3v) is 3.39. The number of rotatable bonds is 5. The molecule has 1 aromatic rings. The molecule has 0 aromatic carbocycles. The van der Waals surface area contributed by atoms with Gasteiger partial charge >= 0.3 is 5.97 Å². The number of pyridine rings is 1. The van der Waals surface area contributed by atoms with Crippen LogP contribution in [-0.2, 0) is 4.79 Å². The second kappa shape index (κ2) is 5.13. The molecule has 0 bridgehead atoms. The lowest BCUT2D eigenvalue weighted by molar-refractivity contribution is -0.385. The predicted molar refractivity (Wildman–Crippen MR) is 68.1 cm³/mol. The minimum atomic E-state index is -0.933. The largest absolute Gasteiger partial charge is 0.481 e. The molecule has 0 amide bonds. The topological polar surface area (TPSA) is 129 Å². The van der Waals surface area contributed by atoms with E-state index in [1.807, 2.05) is 6.07 Å². The van der Waals surface area contributed by atoms with Crippen molar-refractivity contribution in [2.24, 2.45) is 0 Å². The van der Waals surface area contributed by atoms with Gasteiger partial charge < -0.3 is 10.4 Å². The van der Waals surface area contributed by atoms with Crippen molar-refractivity contribution in [1.82, 2.24) is 4.98 Å². The van der Waals surface area contributed by atoms with Crippen LogP contribution < -0.4 is 5.32 Å². The highest BCUT2D eigenvalue weighted by molar-refractivity contribution is 5.70. The molecule has 20 heavy (non-hydrogen) atoms. The highest BCUT2D eigenvalue weighted by Gasteiger charge is 2.39. The molecule has 1 aliphatic rings. The Labute approximate surface area is 114 Å². The van der Waals surface area contributed by atoms with Crippen LogP contribution in [0, 0.1) is 21.4 Å². The zero-order chi connectivity index (χ0) is 14.8. The van der Waals surface area contributed by atoms with Gasteiger partial charge in [-0.1, -0.05) is 0 Å². The number of nitro groups is 1. The molecule has 2 N–H and O–H groups in total. The molecule has 1 aliphatic carbocycles. The van der Waals surface area contributed by atoms with Crippen molar-refractivity contribution in [2.75, 3.05) is 5.32 Å². The molecule has 0 atom stereocenters. The third-order valence-electron chi connectivity index (χ3n) is 3.39. The molecule has 0 radical (unpaired) electrons. The molecular formula is C12H12N4O4. The molecule has 0 aliphatic heterocycles. The molecule has 0 spiro atoms. The first-order chi connectivity index (χ1) is 9.46. The summed E-state index contributed by atoms with van der Waals surface area (Å²) in [5, 5.41) is 31.6. The van der Waals surface area contributed by atoms with Gasteiger partial charge in [-0.05, 0) is 19.3 Å². The Bertz CT molecular complexity index is 604. The fraction of sp³-hybridized carbons (Fsp3) is 0.417. The van der Waals surface area contributed by atoms with Crippen molar-refractivity contribution >= 4 is 17.5 Å². The zero-order valence-electron chi connectivity index (χ0n) is 10.5. The molecule has 104 valence electrons. The van der Waals surface area contributed by atoms with Crippen molar-refractivity contribution in [3.8, 4) is 6.07 Å². The van der Waals surface area contributed by atoms with Crippen molar-refractivity contribution in [1.29, 1.82) is 5.26 Å². The summed E-state index contributed by atoms with van der Waals surface area (Å²) in [6, 6.07) is 2.97. The maximum atomic E-state index is 10.9. The third kappa shape index (κ3) is 2.66. The average Bonchev–Trinajstić information content (AvgIpc) is 2.35. The fourth-order valence-corrected chi connectivity index (χ4v) is 2.23. The zero-order valence-corrected chi connectivity index (χ0v) is 10.5. The van der Waals surface area contributed by atoms with E-state index < -0.39 is 16.4 Å². The van der Waals surface area contributed by atoms with Gasteiger partial charge in [0.25, 0.3) is 5.69 Å². The minimum Gasteiger partial charge on any atom is -0.481 e. The molecule has 0 unspecified atom stereocenters. The van der Waals surface area contributed by atoms with Crippen LogP contribution in [0.4, 0.5) is 11.5 Å². The van der Waals surface area contributed by atoms with E-state index in [0.29, 0.717) is 12.8 Å². The quantitative estimate of drug-likeness (QED) is 0.618. The van der Waals surface area contributed by atoms with Crippen molar-refractivity contribution in [2.45, 2.75) is 31.2 Å². The summed E-state index contributed by atoms with van der Waals surface area (Å²) in [6.07, 6.45) is 3.22. The average molecular weight is 276 g/mol. The molecule has 1 saturated carbocycles. The molecular weight excluding hydrogens is 264 g/mol. The molecule has 1 fully saturated rings. The second-order valence-electron chi connectivity index (χ2n) is 4.79. The Kier molecular flexibility index (Phi) is 3.52. The summed E-state index contributed by atoms with van der Waals surface area (Å²) in [6.45, 7) is 0. The first kappa shape index (κ1) is 13.7. The molecule has 8 heteroatoms. The standard InChI is InChI=1S/C12H12N4O4/c13-6-8-4-9(16(19)20)7-14-11(8)15-12(2-1-3-12)5-10(17)18/h4,7H,1-3,5H2,(H,14,15)(H,17,18). The number of carboxylic acid groups (broad SMARTS) is 1. The Hall–Kier alpha value is -2.69. The van der Waals surface area contributed by atoms with Gasteiger partial charge in [-0.3, -0.25) is 14.9 Å². The van der Waals surface area contributed by atoms with E-state index in [1.54, 1.807) is 0 Å². The van der Waals surface area contributed by atoms with Crippen molar-refractivity contribution in [3.63, 3.8) is 0 Å². The lowest BCUT2D eigenvalue weighted by atomic mass is 9.74. The van der Waals surface area contributed by atoms with Crippen LogP contribution in [0.2, 0.25) is 0 Å². The SMILES string of the molecule is N#Cc1cc([N+](=O)[O-])cnc1NC1(CC(=O)O)CCC1. The summed E-state index contributed by atoms with van der Waals surface area (Å²) in [5.41, 5.74) is -0.843. The van der Waals surface area contributed by atoms with Gasteiger partial charge in [0.1, 0.15) is 23.6 Å². The normalized spacial score (nSPS) is 15.8. The van der Waals surface area contributed by atoms with Crippen LogP contribution in [-0.4, -0.2) is 26.5 Å². The van der Waals surface area contributed by atoms with Crippen LogP contribution in [0.25, 0.3) is 0 Å². The molecule has 8 nitrogen and oxygen atoms in total. The van der Waals surface area contributed by atoms with E-state index in [1.165, 1.54) is 0 Å². The maximum Gasteiger partial charge on any atom is 0.305 e. The fourth-order valence-electron chi connectivity index (χ4n) is 2.23. The summed E-state index contributed by atoms with van der Waals surface area (Å²) < 4.78 is 0. The van der Waals surface area contributed by atoms with Crippen LogP contribution in [0.5, 0.6) is 0 Å². The van der Waals surface area contributed by atoms with E-state index in [4.69, 9.17) is 10.4 Å². The second-order valence-corrected chi connectivity index (χ2v) is 4.79. The van der Waals surface area contributed by atoms with Gasteiger partial charge in [-0.25, -0.2) is 4.98 Å². The van der Waals surface area contributed by atoms with Gasteiger partial charge in [0, 0.05) is 11.6 Å². The van der Waals surface area contributed by atoms with Crippen LogP contribution in [0.3, 0.4) is 0 Å². The monoisotopic (exact) mass is 276 g/mol. The molecule has 1 aromatic heterocycles. The number of aromatic nitrogens is 1. The predicted octanol–water partition coefficient (Wildman–Crippen LogP) is 1.67. The summed E-state index contributed by atoms with van der Waals surface area (Å²) >= 11 is 0. The van der Waals surface area contributed by atoms with E-state index in [-0.39, 0.29) is 23.5 Å². The molecule has 0 saturated heterocycles. The Morgan fingerprint density at radius 3 is 2.80 bits per heavy atom. The molecule has 1 heterocycles. The van der Waals surface area contributed by atoms with E-state index in [9.17, 15) is 14.9 Å². The Balaban J connectivity index is 2.27. The first-order valence-electron chi connectivity index (χ1n) is 6.00. The molecule has 2 rings (SSSR count). The number of nitrogens with zero attached hydrogens (tertiary/aromatic N) is 3. The van der Waals surface area contributed by atoms with Gasteiger partial charge in [-0.2, -0.15) is 5.26 Å². The van der Waals surface area contributed by atoms with Crippen LogP contribution in [0.15, 0.2) is 12.3 Å². The maximum absolute atomic E-state index is 10.9. The number of nitriles is 1. The van der Waals surface area contributed by atoms with E-state index >= 15 is 0 Å². The number of hydrogen-bond donors (Lipinski definition) is 2. The number of nitrogens with one attached hydrogen (secondary N) is 1. The van der Waals surface area contributed by atoms with Crippen molar-refractivity contribution in [3.05, 3.63) is 27.9 Å². The smallest absolute Gasteiger partial charge is 0.305 e. The highest BCUT2D eigenvalue weighted by atomic mass is 16.6. The number of anilines is 1. The lowest BCUT2D eigenvalue weighted by Crippen LogP contribution is -2.47. The summed E-state index contributed by atoms with van der Waals surface area (Å²) in [7, 11) is 0. The summed E-state index contributed by atoms with van der Waals surface area (Å²) in [4.78, 5) is 24.8. The Morgan fingerprint density at radius 1 is 1.65 bits per heavy atom. The van der Waals surface area contributed by atoms with E-state index in [2.05, 4.69) is 10.3 Å². The number of aliphatic carboxylic acids is 1. The van der Waals surface area contributed by atoms with Gasteiger partial charge in [0.15, 0.2) is 0 Å². The first-order valence-corrected chi connectivity index (χ1v) is 6.00. The van der Waals surface area contributed by atoms with E-state index in [0.717, 1.165) is 18.7 Å². The summed E-state index contributed by atoms with van der Waals surface area (Å²) in [5.74, 6) is -0.739. The number of hydrogen-bond acceptors (Lipinski definition) is 6. The Morgan fingerprint density at radius 2 is 2.35 bits per heavy atom. The van der Waals surface area contributed by atoms with Crippen molar-refractivity contribution < 1.29 is 14.8 Å². The lowest BCUT2D eigenvalue weighted by Gasteiger charge is -2.42. The van der Waals surface area contributed by atoms with Crippen LogP contribution >= 0.6 is 0 Å². The highest BCUT2D eigenvalue weighted by Crippen LogP contribution is 2.38. The number of carbonyl (C=O) groups is 1.